The van der Waals surface area contributed by atoms with Crippen molar-refractivity contribution >= 4 is 35.2 Å². The van der Waals surface area contributed by atoms with Gasteiger partial charge in [0.15, 0.2) is 0 Å². The molecule has 2 aromatic heterocycles. The van der Waals surface area contributed by atoms with E-state index in [1.54, 1.807) is 11.3 Å². The lowest BCUT2D eigenvalue weighted by atomic mass is 10.1. The Hall–Kier alpha value is -1.95. The van der Waals surface area contributed by atoms with Crippen molar-refractivity contribution in [3.8, 4) is 11.3 Å². The second-order valence-electron chi connectivity index (χ2n) is 5.69. The van der Waals surface area contributed by atoms with Crippen LogP contribution in [0.2, 0.25) is 0 Å². The molecule has 3 aromatic rings. The molecule has 24 heavy (non-hydrogen) atoms. The van der Waals surface area contributed by atoms with E-state index in [1.807, 2.05) is 36.4 Å². The summed E-state index contributed by atoms with van der Waals surface area (Å²) in [6.45, 7) is 2.00. The molecule has 4 rings (SSSR count). The molecule has 0 aliphatic carbocycles. The predicted octanol–water partition coefficient (Wildman–Crippen LogP) is 4.45. The monoisotopic (exact) mass is 358 g/mol. The molecule has 0 radical (unpaired) electrons. The third-order valence-corrected chi connectivity index (χ3v) is 4.72. The molecular weight excluding hydrogens is 340 g/mol. The summed E-state index contributed by atoms with van der Waals surface area (Å²) in [4.78, 5) is 9.58. The van der Waals surface area contributed by atoms with Crippen LogP contribution in [-0.2, 0) is 0 Å². The Morgan fingerprint density at radius 2 is 2.00 bits per heavy atom. The average Bonchev–Trinajstić information content (AvgIpc) is 3.29. The number of thiophene rings is 1. The minimum absolute atomic E-state index is 0. The van der Waals surface area contributed by atoms with Gasteiger partial charge in [0, 0.05) is 35.2 Å². The number of hydrogen-bond donors (Lipinski definition) is 2. The molecule has 0 amide bonds. The molecule has 1 fully saturated rings. The fourth-order valence-corrected chi connectivity index (χ4v) is 3.46. The summed E-state index contributed by atoms with van der Waals surface area (Å²) in [5, 5.41) is 11.0. The van der Waals surface area contributed by atoms with E-state index >= 15 is 0 Å². The molecule has 2 N–H and O–H groups in total. The zero-order valence-electron chi connectivity index (χ0n) is 13.1. The smallest absolute Gasteiger partial charge is 0.135 e. The van der Waals surface area contributed by atoms with E-state index in [1.165, 1.54) is 0 Å². The first kappa shape index (κ1) is 16.9. The normalized spacial score (nSPS) is 16.6. The molecule has 3 heterocycles. The van der Waals surface area contributed by atoms with Crippen molar-refractivity contribution in [2.45, 2.75) is 12.3 Å². The van der Waals surface area contributed by atoms with Gasteiger partial charge in [0.25, 0.3) is 0 Å². The molecule has 1 aromatic carbocycles. The number of hydrogen-bond acceptors (Lipinski definition) is 5. The molecule has 0 spiro atoms. The maximum absolute atomic E-state index is 4.82. The lowest BCUT2D eigenvalue weighted by Crippen LogP contribution is -2.11. The van der Waals surface area contributed by atoms with Crippen molar-refractivity contribution in [2.24, 2.45) is 0 Å². The number of benzene rings is 1. The molecule has 124 valence electrons. The summed E-state index contributed by atoms with van der Waals surface area (Å²) in [5.74, 6) is 2.18. The Labute approximate surface area is 151 Å². The quantitative estimate of drug-likeness (QED) is 0.723. The first-order valence-corrected chi connectivity index (χ1v) is 8.77. The molecule has 0 saturated carbocycles. The Bertz CT molecular complexity index is 771. The fraction of sp³-hybridized carbons (Fsp3) is 0.222. The van der Waals surface area contributed by atoms with Crippen molar-refractivity contribution in [1.82, 2.24) is 15.3 Å². The van der Waals surface area contributed by atoms with Gasteiger partial charge in [-0.15, -0.1) is 12.4 Å². The van der Waals surface area contributed by atoms with Gasteiger partial charge in [-0.05, 0) is 36.5 Å². The number of anilines is 2. The molecule has 1 unspecified atom stereocenters. The Morgan fingerprint density at radius 3 is 2.71 bits per heavy atom. The summed E-state index contributed by atoms with van der Waals surface area (Å²) < 4.78 is 0. The molecule has 4 nitrogen and oxygen atoms in total. The standard InChI is InChI=1S/C18H18N4S.ClH/c1-2-4-15(5-3-1)20-17-10-16(14-7-9-23-12-14)21-18(22-17)13-6-8-19-11-13;/h1-5,7,9-10,12-13,19H,6,8,11H2,(H,20,21,22);1H. The van der Waals surface area contributed by atoms with Crippen molar-refractivity contribution in [3.63, 3.8) is 0 Å². The second-order valence-corrected chi connectivity index (χ2v) is 6.47. The van der Waals surface area contributed by atoms with Gasteiger partial charge in [0.2, 0.25) is 0 Å². The van der Waals surface area contributed by atoms with E-state index in [4.69, 9.17) is 9.97 Å². The van der Waals surface area contributed by atoms with Gasteiger partial charge in [0.05, 0.1) is 5.69 Å². The van der Waals surface area contributed by atoms with Crippen LogP contribution < -0.4 is 10.6 Å². The number of halogens is 1. The molecule has 1 aliphatic rings. The molecule has 1 atom stereocenters. The van der Waals surface area contributed by atoms with E-state index in [2.05, 4.69) is 27.5 Å². The van der Waals surface area contributed by atoms with E-state index in [0.717, 1.165) is 48.1 Å². The maximum Gasteiger partial charge on any atom is 0.135 e. The molecule has 1 aliphatic heterocycles. The van der Waals surface area contributed by atoms with Crippen LogP contribution in [0.5, 0.6) is 0 Å². The van der Waals surface area contributed by atoms with Crippen molar-refractivity contribution < 1.29 is 0 Å². The first-order valence-electron chi connectivity index (χ1n) is 7.83. The third-order valence-electron chi connectivity index (χ3n) is 4.03. The van der Waals surface area contributed by atoms with Crippen LogP contribution in [0.1, 0.15) is 18.2 Å². The van der Waals surface area contributed by atoms with Gasteiger partial charge in [-0.3, -0.25) is 0 Å². The number of para-hydroxylation sites is 1. The summed E-state index contributed by atoms with van der Waals surface area (Å²) >= 11 is 1.69. The van der Waals surface area contributed by atoms with Crippen LogP contribution in [-0.4, -0.2) is 23.1 Å². The third kappa shape index (κ3) is 3.75. The zero-order valence-corrected chi connectivity index (χ0v) is 14.7. The van der Waals surface area contributed by atoms with E-state index < -0.39 is 0 Å². The zero-order chi connectivity index (χ0) is 15.5. The van der Waals surface area contributed by atoms with Gasteiger partial charge in [-0.25, -0.2) is 9.97 Å². The number of aromatic nitrogens is 2. The number of nitrogens with one attached hydrogen (secondary N) is 2. The maximum atomic E-state index is 4.82. The SMILES string of the molecule is Cl.c1ccc(Nc2cc(-c3ccsc3)nc(C3CCNC3)n2)cc1. The van der Waals surface area contributed by atoms with Crippen LogP contribution in [0, 0.1) is 0 Å². The lowest BCUT2D eigenvalue weighted by Gasteiger charge is -2.12. The number of nitrogens with zero attached hydrogens (tertiary/aromatic N) is 2. The average molecular weight is 359 g/mol. The highest BCUT2D eigenvalue weighted by Gasteiger charge is 2.21. The van der Waals surface area contributed by atoms with Crippen molar-refractivity contribution in [2.75, 3.05) is 18.4 Å². The second kappa shape index (κ2) is 7.75. The van der Waals surface area contributed by atoms with Crippen LogP contribution in [0.4, 0.5) is 11.5 Å². The number of rotatable bonds is 4. The molecule has 6 heteroatoms. The van der Waals surface area contributed by atoms with Gasteiger partial charge in [-0.2, -0.15) is 11.3 Å². The molecule has 1 saturated heterocycles. The van der Waals surface area contributed by atoms with E-state index in [9.17, 15) is 0 Å². The highest BCUT2D eigenvalue weighted by molar-refractivity contribution is 7.08. The summed E-state index contributed by atoms with van der Waals surface area (Å²) in [6.07, 6.45) is 1.10. The predicted molar refractivity (Wildman–Crippen MR) is 103 cm³/mol. The van der Waals surface area contributed by atoms with Gasteiger partial charge >= 0.3 is 0 Å². The van der Waals surface area contributed by atoms with E-state index in [-0.39, 0.29) is 12.4 Å². The topological polar surface area (TPSA) is 49.8 Å². The fourth-order valence-electron chi connectivity index (χ4n) is 2.81. The van der Waals surface area contributed by atoms with Crippen molar-refractivity contribution in [1.29, 1.82) is 0 Å². The Balaban J connectivity index is 0.00000169. The highest BCUT2D eigenvalue weighted by atomic mass is 35.5. The van der Waals surface area contributed by atoms with Gasteiger partial charge < -0.3 is 10.6 Å². The van der Waals surface area contributed by atoms with Crippen LogP contribution in [0.15, 0.2) is 53.2 Å². The summed E-state index contributed by atoms with van der Waals surface area (Å²) in [5.41, 5.74) is 3.18. The van der Waals surface area contributed by atoms with Gasteiger partial charge in [-0.1, -0.05) is 18.2 Å². The molecule has 0 bridgehead atoms. The largest absolute Gasteiger partial charge is 0.340 e. The van der Waals surface area contributed by atoms with Crippen LogP contribution >= 0.6 is 23.7 Å². The van der Waals surface area contributed by atoms with Gasteiger partial charge in [0.1, 0.15) is 11.6 Å². The van der Waals surface area contributed by atoms with Crippen molar-refractivity contribution in [3.05, 3.63) is 59.0 Å². The Morgan fingerprint density at radius 1 is 1.12 bits per heavy atom. The highest BCUT2D eigenvalue weighted by Crippen LogP contribution is 2.27. The van der Waals surface area contributed by atoms with Crippen LogP contribution in [0.25, 0.3) is 11.3 Å². The minimum Gasteiger partial charge on any atom is -0.340 e. The molecular formula is C18H19ClN4S. The van der Waals surface area contributed by atoms with E-state index in [0.29, 0.717) is 5.92 Å². The Kier molecular flexibility index (Phi) is 5.45. The summed E-state index contributed by atoms with van der Waals surface area (Å²) in [7, 11) is 0. The minimum atomic E-state index is 0. The van der Waals surface area contributed by atoms with Crippen LogP contribution in [0.3, 0.4) is 0 Å². The first-order chi connectivity index (χ1) is 11.4. The summed E-state index contributed by atoms with van der Waals surface area (Å²) in [6, 6.07) is 14.3. The lowest BCUT2D eigenvalue weighted by molar-refractivity contribution is 0.704.